The van der Waals surface area contributed by atoms with Gasteiger partial charge in [-0.3, -0.25) is 4.79 Å². The van der Waals surface area contributed by atoms with Crippen LogP contribution >= 0.6 is 0 Å². The summed E-state index contributed by atoms with van der Waals surface area (Å²) in [5.74, 6) is -0.796. The van der Waals surface area contributed by atoms with Gasteiger partial charge < -0.3 is 20.1 Å². The second-order valence-corrected chi connectivity index (χ2v) is 8.03. The highest BCUT2D eigenvalue weighted by atomic mass is 19.4. The molecule has 0 bridgehead atoms. The van der Waals surface area contributed by atoms with Gasteiger partial charge in [0.2, 0.25) is 0 Å². The summed E-state index contributed by atoms with van der Waals surface area (Å²) in [5, 5.41) is 12.9. The van der Waals surface area contributed by atoms with E-state index >= 15 is 0 Å². The van der Waals surface area contributed by atoms with E-state index in [0.29, 0.717) is 36.4 Å². The summed E-state index contributed by atoms with van der Waals surface area (Å²) in [4.78, 5) is 22.1. The van der Waals surface area contributed by atoms with Crippen molar-refractivity contribution in [2.75, 3.05) is 13.2 Å². The fourth-order valence-corrected chi connectivity index (χ4v) is 3.62. The Bertz CT molecular complexity index is 1350. The van der Waals surface area contributed by atoms with E-state index in [1.165, 1.54) is 12.1 Å². The number of rotatable bonds is 10. The molecule has 0 aliphatic carbocycles. The number of carboxylic acid groups (broad SMARTS) is 1. The number of fused-ring (bicyclic) bond motifs is 1. The van der Waals surface area contributed by atoms with Crippen LogP contribution in [0.25, 0.3) is 22.3 Å². The molecule has 0 saturated carbocycles. The van der Waals surface area contributed by atoms with Gasteiger partial charge in [-0.2, -0.15) is 13.2 Å². The van der Waals surface area contributed by atoms with Crippen molar-refractivity contribution in [3.05, 3.63) is 77.5 Å². The topological polar surface area (TPSA) is 100 Å². The number of nitrogens with zero attached hydrogens (tertiary/aromatic N) is 2. The maximum atomic E-state index is 14.1. The molecule has 0 unspecified atom stereocenters. The van der Waals surface area contributed by atoms with E-state index in [1.54, 1.807) is 18.3 Å². The maximum Gasteiger partial charge on any atom is 0.416 e. The molecular formula is C25H22F4N4O3. The minimum Gasteiger partial charge on any atom is -0.494 e. The van der Waals surface area contributed by atoms with Crippen LogP contribution in [0.2, 0.25) is 0 Å². The number of aromatic nitrogens is 3. The van der Waals surface area contributed by atoms with Crippen molar-refractivity contribution in [1.82, 2.24) is 20.3 Å². The van der Waals surface area contributed by atoms with Gasteiger partial charge in [-0.25, -0.2) is 14.4 Å². The molecule has 0 aliphatic rings. The number of carbonyl (C=O) groups is 1. The molecule has 2 heterocycles. The Balaban J connectivity index is 1.28. The summed E-state index contributed by atoms with van der Waals surface area (Å²) in [6.07, 6.45) is -1.27. The fourth-order valence-electron chi connectivity index (χ4n) is 3.62. The van der Waals surface area contributed by atoms with Gasteiger partial charge in [-0.15, -0.1) is 0 Å². The fraction of sp³-hybridized carbons (Fsp3) is 0.240. The molecule has 0 spiro atoms. The van der Waals surface area contributed by atoms with E-state index in [4.69, 9.17) is 9.84 Å². The lowest BCUT2D eigenvalue weighted by atomic mass is 10.1. The first-order valence-corrected chi connectivity index (χ1v) is 11.0. The first kappa shape index (κ1) is 25.1. The molecule has 0 radical (unpaired) electrons. The third kappa shape index (κ3) is 6.16. The largest absolute Gasteiger partial charge is 0.494 e. The minimum atomic E-state index is -4.45. The van der Waals surface area contributed by atoms with Crippen LogP contribution in [0.5, 0.6) is 5.75 Å². The minimum absolute atomic E-state index is 0.0897. The number of aromatic amines is 1. The molecule has 0 fully saturated rings. The van der Waals surface area contributed by atoms with Crippen molar-refractivity contribution in [3.63, 3.8) is 0 Å². The van der Waals surface area contributed by atoms with Crippen LogP contribution in [0, 0.1) is 5.82 Å². The molecule has 188 valence electrons. The van der Waals surface area contributed by atoms with Crippen LogP contribution in [0.4, 0.5) is 17.6 Å². The van der Waals surface area contributed by atoms with E-state index < -0.39 is 23.5 Å². The molecule has 11 heteroatoms. The van der Waals surface area contributed by atoms with Gasteiger partial charge in [0.05, 0.1) is 30.5 Å². The molecule has 4 aromatic rings. The number of hydrogen-bond acceptors (Lipinski definition) is 5. The monoisotopic (exact) mass is 502 g/mol. The molecule has 3 N–H and O–H groups in total. The molecule has 7 nitrogen and oxygen atoms in total. The number of halogens is 4. The highest BCUT2D eigenvalue weighted by molar-refractivity contribution is 5.88. The number of benzene rings is 2. The van der Waals surface area contributed by atoms with Crippen molar-refractivity contribution in [1.29, 1.82) is 0 Å². The van der Waals surface area contributed by atoms with Crippen LogP contribution in [0.3, 0.4) is 0 Å². The first-order chi connectivity index (χ1) is 17.2. The Kier molecular flexibility index (Phi) is 7.49. The summed E-state index contributed by atoms with van der Waals surface area (Å²) in [6.45, 7) is 0.978. The van der Waals surface area contributed by atoms with Crippen LogP contribution in [-0.2, 0) is 23.9 Å². The number of ether oxygens (including phenoxy) is 1. The van der Waals surface area contributed by atoms with Gasteiger partial charge in [0, 0.05) is 29.2 Å². The normalized spacial score (nSPS) is 11.7. The van der Waals surface area contributed by atoms with E-state index in [0.717, 1.165) is 29.2 Å². The summed E-state index contributed by atoms with van der Waals surface area (Å²) < 4.78 is 58.1. The van der Waals surface area contributed by atoms with Crippen LogP contribution < -0.4 is 10.1 Å². The van der Waals surface area contributed by atoms with Gasteiger partial charge in [-0.05, 0) is 48.9 Å². The molecule has 36 heavy (non-hydrogen) atoms. The number of carboxylic acids is 1. The summed E-state index contributed by atoms with van der Waals surface area (Å²) in [5.41, 5.74) is 1.16. The SMILES string of the molecule is O=C(O)Cc1c[nH]c2ccc(OCCCNCc3nc(-c4ccc(C(F)(F)F)cc4)ncc3F)cc12. The Hall–Kier alpha value is -3.99. The Morgan fingerprint density at radius 1 is 1.14 bits per heavy atom. The second kappa shape index (κ2) is 10.7. The van der Waals surface area contributed by atoms with Crippen LogP contribution in [0.1, 0.15) is 23.2 Å². The third-order valence-corrected chi connectivity index (χ3v) is 5.43. The number of nitrogens with one attached hydrogen (secondary N) is 2. The Morgan fingerprint density at radius 2 is 1.92 bits per heavy atom. The van der Waals surface area contributed by atoms with Gasteiger partial charge in [0.1, 0.15) is 5.75 Å². The lowest BCUT2D eigenvalue weighted by Crippen LogP contribution is -2.19. The van der Waals surface area contributed by atoms with Crippen LogP contribution in [-0.4, -0.2) is 39.2 Å². The maximum absolute atomic E-state index is 14.1. The van der Waals surface area contributed by atoms with Gasteiger partial charge in [0.15, 0.2) is 11.6 Å². The standard InChI is InChI=1S/C25H22F4N4O3/c26-20-13-32-24(15-2-4-17(5-3-15)25(27,28)29)33-22(20)14-30-8-1-9-36-18-6-7-21-19(11-18)16(12-31-21)10-23(34)35/h2-7,11-13,30-31H,1,8-10,14H2,(H,34,35). The lowest BCUT2D eigenvalue weighted by molar-refractivity contribution is -0.138. The zero-order chi connectivity index (χ0) is 25.7. The predicted octanol–water partition coefficient (Wildman–Crippen LogP) is 4.97. The highest BCUT2D eigenvalue weighted by Crippen LogP contribution is 2.30. The number of aliphatic carboxylic acids is 1. The van der Waals surface area contributed by atoms with Crippen molar-refractivity contribution in [3.8, 4) is 17.1 Å². The van der Waals surface area contributed by atoms with Gasteiger partial charge in [-0.1, -0.05) is 12.1 Å². The van der Waals surface area contributed by atoms with E-state index in [9.17, 15) is 22.4 Å². The predicted molar refractivity (Wildman–Crippen MR) is 124 cm³/mol. The molecule has 2 aromatic heterocycles. The molecular weight excluding hydrogens is 480 g/mol. The van der Waals surface area contributed by atoms with Crippen molar-refractivity contribution >= 4 is 16.9 Å². The summed E-state index contributed by atoms with van der Waals surface area (Å²) in [6, 6.07) is 9.76. The Morgan fingerprint density at radius 3 is 2.64 bits per heavy atom. The molecule has 2 aromatic carbocycles. The van der Waals surface area contributed by atoms with E-state index in [2.05, 4.69) is 20.3 Å². The first-order valence-electron chi connectivity index (χ1n) is 11.0. The molecule has 0 amide bonds. The molecule has 0 saturated heterocycles. The zero-order valence-corrected chi connectivity index (χ0v) is 18.9. The Labute approximate surface area is 203 Å². The number of alkyl halides is 3. The van der Waals surface area contributed by atoms with Crippen molar-refractivity contribution in [2.45, 2.75) is 25.6 Å². The smallest absolute Gasteiger partial charge is 0.416 e. The third-order valence-electron chi connectivity index (χ3n) is 5.43. The molecule has 0 aliphatic heterocycles. The lowest BCUT2D eigenvalue weighted by Gasteiger charge is -2.10. The van der Waals surface area contributed by atoms with Crippen molar-refractivity contribution in [2.24, 2.45) is 0 Å². The number of hydrogen-bond donors (Lipinski definition) is 3. The molecule has 0 atom stereocenters. The summed E-state index contributed by atoms with van der Waals surface area (Å²) >= 11 is 0. The average Bonchev–Trinajstić information content (AvgIpc) is 3.23. The van der Waals surface area contributed by atoms with Gasteiger partial charge >= 0.3 is 12.1 Å². The average molecular weight is 502 g/mol. The quantitative estimate of drug-likeness (QED) is 0.209. The zero-order valence-electron chi connectivity index (χ0n) is 18.9. The second-order valence-electron chi connectivity index (χ2n) is 8.03. The van der Waals surface area contributed by atoms with E-state index in [-0.39, 0.29) is 24.5 Å². The summed E-state index contributed by atoms with van der Waals surface area (Å²) in [7, 11) is 0. The van der Waals surface area contributed by atoms with Gasteiger partial charge in [0.25, 0.3) is 0 Å². The highest BCUT2D eigenvalue weighted by Gasteiger charge is 2.30. The molecule has 4 rings (SSSR count). The number of H-pyrrole nitrogens is 1. The van der Waals surface area contributed by atoms with Crippen LogP contribution in [0.15, 0.2) is 54.9 Å². The van der Waals surface area contributed by atoms with E-state index in [1.807, 2.05) is 6.07 Å². The van der Waals surface area contributed by atoms with Crippen molar-refractivity contribution < 1.29 is 32.2 Å².